The van der Waals surface area contributed by atoms with Gasteiger partial charge in [0.05, 0.1) is 6.04 Å². The molecule has 0 radical (unpaired) electrons. The summed E-state index contributed by atoms with van der Waals surface area (Å²) in [6.07, 6.45) is 1.28. The van der Waals surface area contributed by atoms with Crippen molar-refractivity contribution in [2.45, 2.75) is 123 Å². The molecular formula is C35H52F3N5O6. The Balaban J connectivity index is 1.59. The number of rotatable bonds is 13. The number of carbonyl (C=O) groups is 6. The molecule has 49 heavy (non-hydrogen) atoms. The van der Waals surface area contributed by atoms with Gasteiger partial charge in [-0.15, -0.1) is 6.58 Å². The highest BCUT2D eigenvalue weighted by molar-refractivity contribution is 6.38. The van der Waals surface area contributed by atoms with Gasteiger partial charge in [-0.2, -0.15) is 13.2 Å². The lowest BCUT2D eigenvalue weighted by molar-refractivity contribution is -0.176. The second-order valence-electron chi connectivity index (χ2n) is 16.4. The number of Topliss-reactive ketones (excluding diaryl/α,β-unsaturated/α-hetero) is 1. The Hall–Kier alpha value is -3.45. The Morgan fingerprint density at radius 3 is 2.08 bits per heavy atom. The van der Waals surface area contributed by atoms with E-state index < -0.39 is 76.5 Å². The van der Waals surface area contributed by atoms with Crippen molar-refractivity contribution in [2.24, 2.45) is 34.0 Å². The number of fused-ring (bicyclic) bond motifs is 1. The molecule has 0 bridgehead atoms. The molecule has 3 aliphatic carbocycles. The first-order chi connectivity index (χ1) is 22.6. The summed E-state index contributed by atoms with van der Waals surface area (Å²) in [5.74, 6) is -6.04. The molecule has 0 aromatic carbocycles. The lowest BCUT2D eigenvalue weighted by Crippen LogP contribution is -2.64. The fourth-order valence-corrected chi connectivity index (χ4v) is 7.86. The number of nitrogens with zero attached hydrogens (tertiary/aromatic N) is 1. The van der Waals surface area contributed by atoms with E-state index in [4.69, 9.17) is 0 Å². The highest BCUT2D eigenvalue weighted by Crippen LogP contribution is 2.65. The van der Waals surface area contributed by atoms with Gasteiger partial charge in [-0.1, -0.05) is 79.7 Å². The number of hydrogen-bond donors (Lipinski definition) is 4. The normalized spacial score (nSPS) is 25.9. The van der Waals surface area contributed by atoms with Gasteiger partial charge in [0, 0.05) is 13.1 Å². The van der Waals surface area contributed by atoms with Gasteiger partial charge in [0.25, 0.3) is 5.91 Å². The van der Waals surface area contributed by atoms with E-state index in [2.05, 4.69) is 22.5 Å². The van der Waals surface area contributed by atoms with Crippen molar-refractivity contribution in [1.82, 2.24) is 26.2 Å². The zero-order valence-electron chi connectivity index (χ0n) is 29.4. The molecule has 11 nitrogen and oxygen atoms in total. The molecule has 0 aromatic rings. The zero-order chi connectivity index (χ0) is 36.7. The fraction of sp³-hybridized carbons (Fsp3) is 0.771. The van der Waals surface area contributed by atoms with E-state index in [1.807, 2.05) is 19.2 Å². The average molecular weight is 696 g/mol. The second kappa shape index (κ2) is 14.0. The first kappa shape index (κ1) is 38.4. The van der Waals surface area contributed by atoms with Crippen LogP contribution in [0, 0.1) is 34.0 Å². The molecule has 6 atom stereocenters. The van der Waals surface area contributed by atoms with Crippen molar-refractivity contribution in [2.75, 3.05) is 13.1 Å². The van der Waals surface area contributed by atoms with Gasteiger partial charge in [0.15, 0.2) is 0 Å². The third-order valence-corrected chi connectivity index (χ3v) is 11.2. The quantitative estimate of drug-likeness (QED) is 0.172. The Bertz CT molecular complexity index is 1350. The highest BCUT2D eigenvalue weighted by Gasteiger charge is 2.70. The number of halogens is 3. The van der Waals surface area contributed by atoms with Gasteiger partial charge < -0.3 is 26.2 Å². The summed E-state index contributed by atoms with van der Waals surface area (Å²) >= 11 is 0. The van der Waals surface area contributed by atoms with E-state index in [-0.39, 0.29) is 42.7 Å². The number of ketones is 1. The lowest BCUT2D eigenvalue weighted by Gasteiger charge is -2.42. The Morgan fingerprint density at radius 2 is 1.55 bits per heavy atom. The van der Waals surface area contributed by atoms with E-state index in [0.717, 1.165) is 19.3 Å². The fourth-order valence-electron chi connectivity index (χ4n) is 7.86. The van der Waals surface area contributed by atoms with Crippen molar-refractivity contribution in [1.29, 1.82) is 0 Å². The molecule has 4 fully saturated rings. The third kappa shape index (κ3) is 8.48. The van der Waals surface area contributed by atoms with E-state index >= 15 is 0 Å². The summed E-state index contributed by atoms with van der Waals surface area (Å²) in [4.78, 5) is 81.6. The minimum Gasteiger partial charge on any atom is -0.346 e. The maximum absolute atomic E-state index is 14.4. The van der Waals surface area contributed by atoms with Gasteiger partial charge in [-0.05, 0) is 53.3 Å². The summed E-state index contributed by atoms with van der Waals surface area (Å²) in [6.45, 7) is 14.6. The molecule has 274 valence electrons. The van der Waals surface area contributed by atoms with Gasteiger partial charge >= 0.3 is 12.1 Å². The Kier molecular flexibility index (Phi) is 11.0. The molecule has 1 aliphatic heterocycles. The molecule has 1 saturated heterocycles. The molecule has 1 heterocycles. The SMILES string of the molecule is C=CCNC(=O)C(=O)C(CC1CC1)NC(=O)[C@@H]1[C@@H]2[C@H](CN1C(=O)[C@@H](NC(=O)[C@@H](NC(=O)C(F)(F)F)C1(C)CCCCC1)C(C)(C)C)C2(C)C. The van der Waals surface area contributed by atoms with Crippen LogP contribution < -0.4 is 21.3 Å². The minimum atomic E-state index is -5.21. The number of hydrogen-bond acceptors (Lipinski definition) is 6. The van der Waals surface area contributed by atoms with E-state index in [1.165, 1.54) is 11.0 Å². The summed E-state index contributed by atoms with van der Waals surface area (Å²) in [7, 11) is 0. The summed E-state index contributed by atoms with van der Waals surface area (Å²) in [5, 5.41) is 9.85. The molecule has 4 rings (SSSR count). The van der Waals surface area contributed by atoms with Gasteiger partial charge in [-0.25, -0.2) is 0 Å². The van der Waals surface area contributed by atoms with Crippen molar-refractivity contribution in [3.05, 3.63) is 12.7 Å². The summed E-state index contributed by atoms with van der Waals surface area (Å²) in [6, 6.07) is -4.90. The van der Waals surface area contributed by atoms with Crippen molar-refractivity contribution < 1.29 is 41.9 Å². The maximum atomic E-state index is 14.4. The topological polar surface area (TPSA) is 154 Å². The smallest absolute Gasteiger partial charge is 0.346 e. The van der Waals surface area contributed by atoms with Gasteiger partial charge in [0.1, 0.15) is 18.1 Å². The van der Waals surface area contributed by atoms with Crippen LogP contribution in [0.4, 0.5) is 13.2 Å². The predicted molar refractivity (Wildman–Crippen MR) is 174 cm³/mol. The number of likely N-dealkylation sites (tertiary alicyclic amines) is 1. The van der Waals surface area contributed by atoms with Crippen LogP contribution in [0.15, 0.2) is 12.7 Å². The number of alkyl halides is 3. The van der Waals surface area contributed by atoms with Gasteiger partial charge in [0.2, 0.25) is 23.5 Å². The maximum Gasteiger partial charge on any atom is 0.471 e. The summed E-state index contributed by atoms with van der Waals surface area (Å²) < 4.78 is 40.2. The number of carbonyl (C=O) groups excluding carboxylic acids is 6. The van der Waals surface area contributed by atoms with Crippen molar-refractivity contribution in [3.8, 4) is 0 Å². The van der Waals surface area contributed by atoms with Crippen LogP contribution in [0.2, 0.25) is 0 Å². The molecule has 5 amide bonds. The van der Waals surface area contributed by atoms with Crippen LogP contribution in [0.5, 0.6) is 0 Å². The third-order valence-electron chi connectivity index (χ3n) is 11.2. The lowest BCUT2D eigenvalue weighted by atomic mass is 9.70. The largest absolute Gasteiger partial charge is 0.471 e. The van der Waals surface area contributed by atoms with E-state index in [9.17, 15) is 41.9 Å². The molecular weight excluding hydrogens is 643 g/mol. The molecule has 14 heteroatoms. The standard InChI is InChI=1S/C35H52F3N5O6/c1-8-16-39-28(46)24(44)21(17-19-12-13-19)40-27(45)23-22-20(33(22,5)6)18-43(23)30(48)26(32(2,3)4)41-29(47)25(42-31(49)35(36,37)38)34(7)14-10-9-11-15-34/h8,19-23,25-26H,1,9-18H2,2-7H3,(H,39,46)(H,40,45)(H,41,47)(H,42,49)/t20-,21?,22-,23-,25+,26+/m0/s1. The van der Waals surface area contributed by atoms with Crippen molar-refractivity contribution >= 4 is 35.3 Å². The first-order valence-electron chi connectivity index (χ1n) is 17.4. The summed E-state index contributed by atoms with van der Waals surface area (Å²) in [5.41, 5.74) is -2.22. The monoisotopic (exact) mass is 695 g/mol. The first-order valence-corrected chi connectivity index (χ1v) is 17.4. The number of amides is 5. The van der Waals surface area contributed by atoms with Crippen LogP contribution in [0.25, 0.3) is 0 Å². The van der Waals surface area contributed by atoms with Crippen LogP contribution in [0.1, 0.15) is 92.9 Å². The molecule has 4 N–H and O–H groups in total. The predicted octanol–water partition coefficient (Wildman–Crippen LogP) is 3.17. The van der Waals surface area contributed by atoms with Crippen molar-refractivity contribution in [3.63, 3.8) is 0 Å². The molecule has 4 aliphatic rings. The highest BCUT2D eigenvalue weighted by atomic mass is 19.4. The van der Waals surface area contributed by atoms with Crippen LogP contribution in [0.3, 0.4) is 0 Å². The molecule has 3 saturated carbocycles. The van der Waals surface area contributed by atoms with Crippen LogP contribution in [-0.4, -0.2) is 83.7 Å². The second-order valence-corrected chi connectivity index (χ2v) is 16.4. The van der Waals surface area contributed by atoms with Crippen LogP contribution in [-0.2, 0) is 28.8 Å². The molecule has 0 spiro atoms. The number of piperidine rings is 1. The van der Waals surface area contributed by atoms with Gasteiger partial charge in [-0.3, -0.25) is 28.8 Å². The molecule has 0 aromatic heterocycles. The van der Waals surface area contributed by atoms with Crippen LogP contribution >= 0.6 is 0 Å². The Morgan fingerprint density at radius 1 is 0.939 bits per heavy atom. The Labute approximate surface area is 286 Å². The van der Waals surface area contributed by atoms with E-state index in [1.54, 1.807) is 27.7 Å². The molecule has 1 unspecified atom stereocenters. The number of nitrogens with one attached hydrogen (secondary N) is 4. The zero-order valence-corrected chi connectivity index (χ0v) is 29.4. The average Bonchev–Trinajstić information content (AvgIpc) is 3.86. The minimum absolute atomic E-state index is 0.0445. The van der Waals surface area contributed by atoms with E-state index in [0.29, 0.717) is 25.7 Å².